The first-order chi connectivity index (χ1) is 12.2. The van der Waals surface area contributed by atoms with Crippen LogP contribution >= 0.6 is 24.0 Å². The smallest absolute Gasteiger partial charge is 0.191 e. The van der Waals surface area contributed by atoms with Crippen molar-refractivity contribution >= 4 is 29.9 Å². The van der Waals surface area contributed by atoms with E-state index in [1.165, 1.54) is 24.0 Å². The molecule has 1 aliphatic carbocycles. The number of hydrogen-bond acceptors (Lipinski definition) is 3. The van der Waals surface area contributed by atoms with E-state index >= 15 is 0 Å². The van der Waals surface area contributed by atoms with Gasteiger partial charge in [-0.3, -0.25) is 9.89 Å². The fourth-order valence-corrected chi connectivity index (χ4v) is 2.86. The van der Waals surface area contributed by atoms with Crippen LogP contribution in [0.25, 0.3) is 0 Å². The minimum absolute atomic E-state index is 0. The SMILES string of the molecule is CN=C(NCc1ccccc1CN(C)Cc1ccco1)NCC1CC1.I. The molecule has 1 saturated carbocycles. The summed E-state index contributed by atoms with van der Waals surface area (Å²) in [5.41, 5.74) is 2.62. The topological polar surface area (TPSA) is 52.8 Å². The highest BCUT2D eigenvalue weighted by Crippen LogP contribution is 2.27. The second kappa shape index (κ2) is 10.6. The first-order valence-corrected chi connectivity index (χ1v) is 8.97. The first-order valence-electron chi connectivity index (χ1n) is 8.97. The number of furan rings is 1. The minimum atomic E-state index is 0. The van der Waals surface area contributed by atoms with Crippen molar-refractivity contribution < 1.29 is 4.42 Å². The third-order valence-corrected chi connectivity index (χ3v) is 4.49. The lowest BCUT2D eigenvalue weighted by molar-refractivity contribution is 0.287. The maximum atomic E-state index is 5.44. The van der Waals surface area contributed by atoms with Crippen molar-refractivity contribution in [2.24, 2.45) is 10.9 Å². The second-order valence-electron chi connectivity index (χ2n) is 6.77. The molecule has 2 N–H and O–H groups in total. The number of nitrogens with one attached hydrogen (secondary N) is 2. The van der Waals surface area contributed by atoms with Gasteiger partial charge in [0.25, 0.3) is 0 Å². The lowest BCUT2D eigenvalue weighted by atomic mass is 10.1. The van der Waals surface area contributed by atoms with Crippen LogP contribution in [0.3, 0.4) is 0 Å². The summed E-state index contributed by atoms with van der Waals surface area (Å²) in [6.45, 7) is 3.48. The highest BCUT2D eigenvalue weighted by Gasteiger charge is 2.21. The van der Waals surface area contributed by atoms with E-state index in [1.54, 1.807) is 6.26 Å². The third-order valence-electron chi connectivity index (χ3n) is 4.49. The fraction of sp³-hybridized carbons (Fsp3) is 0.450. The molecule has 1 aliphatic rings. The van der Waals surface area contributed by atoms with Gasteiger partial charge in [0.15, 0.2) is 5.96 Å². The van der Waals surface area contributed by atoms with Crippen molar-refractivity contribution in [3.8, 4) is 0 Å². The van der Waals surface area contributed by atoms with E-state index in [0.29, 0.717) is 0 Å². The van der Waals surface area contributed by atoms with Crippen LogP contribution in [0.15, 0.2) is 52.1 Å². The summed E-state index contributed by atoms with van der Waals surface area (Å²) in [4.78, 5) is 6.58. The molecule has 142 valence electrons. The molecule has 6 heteroatoms. The number of halogens is 1. The van der Waals surface area contributed by atoms with Gasteiger partial charge < -0.3 is 15.1 Å². The van der Waals surface area contributed by atoms with Crippen molar-refractivity contribution in [2.75, 3.05) is 20.6 Å². The molecule has 0 radical (unpaired) electrons. The fourth-order valence-electron chi connectivity index (χ4n) is 2.86. The number of guanidine groups is 1. The second-order valence-corrected chi connectivity index (χ2v) is 6.77. The highest BCUT2D eigenvalue weighted by atomic mass is 127. The Bertz CT molecular complexity index is 683. The van der Waals surface area contributed by atoms with E-state index in [1.807, 2.05) is 19.2 Å². The molecule has 0 unspecified atom stereocenters. The van der Waals surface area contributed by atoms with Crippen LogP contribution in [-0.4, -0.2) is 31.5 Å². The van der Waals surface area contributed by atoms with Gasteiger partial charge in [0, 0.05) is 26.7 Å². The summed E-state index contributed by atoms with van der Waals surface area (Å²) in [7, 11) is 3.94. The van der Waals surface area contributed by atoms with E-state index in [9.17, 15) is 0 Å². The molecule has 26 heavy (non-hydrogen) atoms. The molecule has 1 aromatic carbocycles. The zero-order chi connectivity index (χ0) is 17.5. The van der Waals surface area contributed by atoms with Gasteiger partial charge in [-0.2, -0.15) is 0 Å². The van der Waals surface area contributed by atoms with Gasteiger partial charge in [-0.05, 0) is 49.1 Å². The number of benzene rings is 1. The summed E-state index contributed by atoms with van der Waals surface area (Å²) in [6.07, 6.45) is 4.41. The van der Waals surface area contributed by atoms with Crippen LogP contribution in [0.4, 0.5) is 0 Å². The standard InChI is InChI=1S/C20H28N4O.HI/c1-21-20(22-12-16-9-10-16)23-13-17-6-3-4-7-18(17)14-24(2)15-19-8-5-11-25-19;/h3-8,11,16H,9-10,12-15H2,1-2H3,(H2,21,22,23);1H. The lowest BCUT2D eigenvalue weighted by Gasteiger charge is -2.19. The lowest BCUT2D eigenvalue weighted by Crippen LogP contribution is -2.38. The van der Waals surface area contributed by atoms with E-state index in [2.05, 4.69) is 51.8 Å². The Morgan fingerprint density at radius 2 is 1.88 bits per heavy atom. The molecule has 5 nitrogen and oxygen atoms in total. The molecule has 0 saturated heterocycles. The van der Waals surface area contributed by atoms with Gasteiger partial charge in [0.1, 0.15) is 5.76 Å². The van der Waals surface area contributed by atoms with Gasteiger partial charge in [0.2, 0.25) is 0 Å². The van der Waals surface area contributed by atoms with E-state index < -0.39 is 0 Å². The Kier molecular flexibility index (Phi) is 8.44. The number of nitrogens with zero attached hydrogens (tertiary/aromatic N) is 2. The van der Waals surface area contributed by atoms with E-state index in [4.69, 9.17) is 4.42 Å². The Balaban J connectivity index is 0.00000243. The molecular weight excluding hydrogens is 439 g/mol. The van der Waals surface area contributed by atoms with Gasteiger partial charge in [-0.25, -0.2) is 0 Å². The molecule has 0 bridgehead atoms. The van der Waals surface area contributed by atoms with Crippen LogP contribution in [0.5, 0.6) is 0 Å². The maximum absolute atomic E-state index is 5.44. The van der Waals surface area contributed by atoms with Crippen molar-refractivity contribution in [2.45, 2.75) is 32.5 Å². The minimum Gasteiger partial charge on any atom is -0.468 e. The van der Waals surface area contributed by atoms with Crippen LogP contribution < -0.4 is 10.6 Å². The molecule has 1 fully saturated rings. The third kappa shape index (κ3) is 6.64. The zero-order valence-corrected chi connectivity index (χ0v) is 17.9. The molecule has 0 spiro atoms. The Morgan fingerprint density at radius 3 is 2.54 bits per heavy atom. The van der Waals surface area contributed by atoms with Crippen LogP contribution in [0, 0.1) is 5.92 Å². The largest absolute Gasteiger partial charge is 0.468 e. The highest BCUT2D eigenvalue weighted by molar-refractivity contribution is 14.0. The molecule has 0 atom stereocenters. The molecule has 2 aromatic rings. The van der Waals surface area contributed by atoms with Gasteiger partial charge >= 0.3 is 0 Å². The van der Waals surface area contributed by atoms with Crippen molar-refractivity contribution in [3.63, 3.8) is 0 Å². The summed E-state index contributed by atoms with van der Waals surface area (Å²) in [6, 6.07) is 12.5. The average molecular weight is 468 g/mol. The molecule has 1 aromatic heterocycles. The summed E-state index contributed by atoms with van der Waals surface area (Å²) >= 11 is 0. The zero-order valence-electron chi connectivity index (χ0n) is 15.6. The molecule has 3 rings (SSSR count). The Labute approximate surface area is 173 Å². The van der Waals surface area contributed by atoms with Crippen LogP contribution in [-0.2, 0) is 19.6 Å². The molecular formula is C20H29IN4O. The van der Waals surface area contributed by atoms with E-state index in [-0.39, 0.29) is 24.0 Å². The molecule has 0 aliphatic heterocycles. The number of rotatable bonds is 8. The number of aliphatic imine (C=N–C) groups is 1. The molecule has 1 heterocycles. The Hall–Kier alpha value is -1.54. The predicted octanol–water partition coefficient (Wildman–Crippen LogP) is 3.60. The summed E-state index contributed by atoms with van der Waals surface area (Å²) in [5, 5.41) is 6.84. The Morgan fingerprint density at radius 1 is 1.12 bits per heavy atom. The van der Waals surface area contributed by atoms with Gasteiger partial charge in [-0.1, -0.05) is 24.3 Å². The first kappa shape index (κ1) is 20.8. The summed E-state index contributed by atoms with van der Waals surface area (Å²) < 4.78 is 5.44. The van der Waals surface area contributed by atoms with Crippen molar-refractivity contribution in [3.05, 3.63) is 59.5 Å². The van der Waals surface area contributed by atoms with Crippen LogP contribution in [0.1, 0.15) is 29.7 Å². The average Bonchev–Trinajstić information content (AvgIpc) is 3.31. The normalized spacial score (nSPS) is 14.2. The molecule has 0 amide bonds. The van der Waals surface area contributed by atoms with Gasteiger partial charge in [-0.15, -0.1) is 24.0 Å². The summed E-state index contributed by atoms with van der Waals surface area (Å²) in [5.74, 6) is 2.70. The predicted molar refractivity (Wildman–Crippen MR) is 117 cm³/mol. The maximum Gasteiger partial charge on any atom is 0.191 e. The quantitative estimate of drug-likeness (QED) is 0.353. The van der Waals surface area contributed by atoms with Crippen LogP contribution in [0.2, 0.25) is 0 Å². The van der Waals surface area contributed by atoms with Gasteiger partial charge in [0.05, 0.1) is 12.8 Å². The van der Waals surface area contributed by atoms with Crippen molar-refractivity contribution in [1.29, 1.82) is 0 Å². The van der Waals surface area contributed by atoms with Crippen molar-refractivity contribution in [1.82, 2.24) is 15.5 Å². The number of hydrogen-bond donors (Lipinski definition) is 2. The monoisotopic (exact) mass is 468 g/mol. The van der Waals surface area contributed by atoms with E-state index in [0.717, 1.165) is 43.8 Å².